The molecule has 0 saturated carbocycles. The Kier molecular flexibility index (Phi) is 5.84. The van der Waals surface area contributed by atoms with Gasteiger partial charge in [-0.1, -0.05) is 60.7 Å². The number of esters is 1. The fraction of sp³-hybridized carbons (Fsp3) is 0.273. The molecule has 4 nitrogen and oxygen atoms in total. The van der Waals surface area contributed by atoms with Gasteiger partial charge in [0.15, 0.2) is 0 Å². The Morgan fingerprint density at radius 2 is 1.54 bits per heavy atom. The van der Waals surface area contributed by atoms with Crippen LogP contribution in [0.5, 0.6) is 0 Å². The minimum Gasteiger partial charge on any atom is -0.469 e. The van der Waals surface area contributed by atoms with Gasteiger partial charge in [-0.3, -0.25) is 9.59 Å². The van der Waals surface area contributed by atoms with Crippen molar-refractivity contribution in [2.24, 2.45) is 5.92 Å². The van der Waals surface area contributed by atoms with E-state index in [1.54, 1.807) is 0 Å². The lowest BCUT2D eigenvalue weighted by Gasteiger charge is -2.31. The van der Waals surface area contributed by atoms with Gasteiger partial charge >= 0.3 is 5.97 Å². The number of amides is 1. The molecule has 0 aliphatic carbocycles. The van der Waals surface area contributed by atoms with E-state index in [9.17, 15) is 9.59 Å². The second-order valence-corrected chi connectivity index (χ2v) is 6.42. The highest BCUT2D eigenvalue weighted by atomic mass is 16.5. The molecule has 3 rings (SSSR count). The van der Waals surface area contributed by atoms with Gasteiger partial charge in [0.25, 0.3) is 5.91 Å². The molecule has 0 atom stereocenters. The van der Waals surface area contributed by atoms with Crippen molar-refractivity contribution < 1.29 is 14.3 Å². The molecule has 0 bridgehead atoms. The molecular formula is C22H23NO3. The third-order valence-corrected chi connectivity index (χ3v) is 4.74. The molecule has 2 aromatic rings. The lowest BCUT2D eigenvalue weighted by atomic mass is 9.95. The largest absolute Gasteiger partial charge is 0.469 e. The van der Waals surface area contributed by atoms with Crippen LogP contribution in [-0.2, 0) is 14.3 Å². The van der Waals surface area contributed by atoms with Gasteiger partial charge in [-0.2, -0.15) is 0 Å². The van der Waals surface area contributed by atoms with Gasteiger partial charge in [0.2, 0.25) is 0 Å². The number of carbonyl (C=O) groups excluding carboxylic acids is 2. The third kappa shape index (κ3) is 4.20. The number of hydrogen-bond donors (Lipinski definition) is 0. The molecule has 0 spiro atoms. The molecule has 0 aromatic heterocycles. The van der Waals surface area contributed by atoms with E-state index in [-0.39, 0.29) is 17.8 Å². The van der Waals surface area contributed by atoms with Gasteiger partial charge in [0, 0.05) is 18.7 Å². The molecule has 2 aromatic carbocycles. The quantitative estimate of drug-likeness (QED) is 0.481. The molecule has 0 N–H and O–H groups in total. The highest BCUT2D eigenvalue weighted by molar-refractivity contribution is 6.24. The molecule has 1 fully saturated rings. The smallest absolute Gasteiger partial charge is 0.308 e. The normalized spacial score (nSPS) is 15.6. The van der Waals surface area contributed by atoms with Crippen LogP contribution in [0, 0.1) is 5.92 Å². The lowest BCUT2D eigenvalue weighted by Crippen LogP contribution is -2.40. The Morgan fingerprint density at radius 1 is 0.962 bits per heavy atom. The lowest BCUT2D eigenvalue weighted by molar-refractivity contribution is -0.148. The summed E-state index contributed by atoms with van der Waals surface area (Å²) in [6, 6.07) is 19.6. The number of nitrogens with zero attached hydrogens (tertiary/aromatic N) is 1. The number of piperidine rings is 1. The first-order chi connectivity index (χ1) is 12.7. The van der Waals surface area contributed by atoms with E-state index in [1.165, 1.54) is 7.11 Å². The predicted octanol–water partition coefficient (Wildman–Crippen LogP) is 3.64. The summed E-state index contributed by atoms with van der Waals surface area (Å²) in [4.78, 5) is 26.7. The number of carbonyl (C=O) groups is 2. The summed E-state index contributed by atoms with van der Waals surface area (Å²) in [5.74, 6) is -0.286. The van der Waals surface area contributed by atoms with E-state index in [1.807, 2.05) is 71.6 Å². The number of rotatable bonds is 4. The minimum absolute atomic E-state index is 0.00312. The van der Waals surface area contributed by atoms with Gasteiger partial charge in [0.1, 0.15) is 0 Å². The Balaban J connectivity index is 1.83. The van der Waals surface area contributed by atoms with Crippen LogP contribution in [0.15, 0.2) is 60.7 Å². The van der Waals surface area contributed by atoms with Gasteiger partial charge in [-0.25, -0.2) is 0 Å². The molecule has 1 amide bonds. The van der Waals surface area contributed by atoms with Crippen LogP contribution in [0.1, 0.15) is 24.0 Å². The van der Waals surface area contributed by atoms with E-state index in [0.717, 1.165) is 11.1 Å². The average molecular weight is 349 g/mol. The highest BCUT2D eigenvalue weighted by Gasteiger charge is 2.29. The Labute approximate surface area is 154 Å². The Bertz CT molecular complexity index is 776. The third-order valence-electron chi connectivity index (χ3n) is 4.74. The summed E-state index contributed by atoms with van der Waals surface area (Å²) >= 11 is 0. The molecule has 134 valence electrons. The second-order valence-electron chi connectivity index (χ2n) is 6.42. The molecule has 1 aliphatic heterocycles. The van der Waals surface area contributed by atoms with Crippen molar-refractivity contribution in [3.63, 3.8) is 0 Å². The maximum atomic E-state index is 13.2. The molecule has 1 saturated heterocycles. The first-order valence-corrected chi connectivity index (χ1v) is 8.88. The molecule has 0 unspecified atom stereocenters. The highest BCUT2D eigenvalue weighted by Crippen LogP contribution is 2.25. The van der Waals surface area contributed by atoms with Crippen molar-refractivity contribution in [1.82, 2.24) is 4.90 Å². The van der Waals surface area contributed by atoms with Crippen molar-refractivity contribution in [2.45, 2.75) is 12.8 Å². The maximum absolute atomic E-state index is 13.2. The first kappa shape index (κ1) is 17.9. The zero-order valence-electron chi connectivity index (χ0n) is 14.9. The standard InChI is InChI=1S/C22H23NO3/c1-26-22(25)19-12-14-23(15-13-19)21(24)20(18-10-6-3-7-11-18)16-17-8-4-2-5-9-17/h2-11,16,19H,12-15H2,1H3/b20-16-. The molecule has 4 heteroatoms. The van der Waals surface area contributed by atoms with Crippen molar-refractivity contribution >= 4 is 23.5 Å². The number of hydrogen-bond acceptors (Lipinski definition) is 3. The first-order valence-electron chi connectivity index (χ1n) is 8.88. The van der Waals surface area contributed by atoms with Crippen LogP contribution < -0.4 is 0 Å². The van der Waals surface area contributed by atoms with Gasteiger partial charge in [-0.05, 0) is 30.0 Å². The topological polar surface area (TPSA) is 46.6 Å². The number of likely N-dealkylation sites (tertiary alicyclic amines) is 1. The van der Waals surface area contributed by atoms with E-state index in [4.69, 9.17) is 4.74 Å². The average Bonchev–Trinajstić information content (AvgIpc) is 2.72. The SMILES string of the molecule is COC(=O)C1CCN(C(=O)/C(=C\c2ccccc2)c2ccccc2)CC1. The van der Waals surface area contributed by atoms with E-state index in [0.29, 0.717) is 31.5 Å². The van der Waals surface area contributed by atoms with Crippen molar-refractivity contribution in [2.75, 3.05) is 20.2 Å². The zero-order chi connectivity index (χ0) is 18.4. The zero-order valence-corrected chi connectivity index (χ0v) is 14.9. The fourth-order valence-corrected chi connectivity index (χ4v) is 3.26. The van der Waals surface area contributed by atoms with Crippen LogP contribution >= 0.6 is 0 Å². The van der Waals surface area contributed by atoms with Crippen LogP contribution in [0.4, 0.5) is 0 Å². The van der Waals surface area contributed by atoms with Gasteiger partial charge in [0.05, 0.1) is 13.0 Å². The van der Waals surface area contributed by atoms with Gasteiger partial charge in [-0.15, -0.1) is 0 Å². The summed E-state index contributed by atoms with van der Waals surface area (Å²) in [6.45, 7) is 1.13. The van der Waals surface area contributed by atoms with E-state index >= 15 is 0 Å². The Hall–Kier alpha value is -2.88. The Morgan fingerprint density at radius 3 is 2.12 bits per heavy atom. The number of methoxy groups -OCH3 is 1. The molecule has 26 heavy (non-hydrogen) atoms. The summed E-state index contributed by atoms with van der Waals surface area (Å²) < 4.78 is 4.83. The van der Waals surface area contributed by atoms with Gasteiger partial charge < -0.3 is 9.64 Å². The van der Waals surface area contributed by atoms with Crippen molar-refractivity contribution in [1.29, 1.82) is 0 Å². The van der Waals surface area contributed by atoms with E-state index in [2.05, 4.69) is 0 Å². The van der Waals surface area contributed by atoms with Crippen molar-refractivity contribution in [3.05, 3.63) is 71.8 Å². The van der Waals surface area contributed by atoms with Crippen LogP contribution in [-0.4, -0.2) is 37.0 Å². The molecule has 0 radical (unpaired) electrons. The molecule has 1 aliphatic rings. The fourth-order valence-electron chi connectivity index (χ4n) is 3.26. The number of benzene rings is 2. The summed E-state index contributed by atoms with van der Waals surface area (Å²) in [5, 5.41) is 0. The summed E-state index contributed by atoms with van der Waals surface area (Å²) in [7, 11) is 1.41. The van der Waals surface area contributed by atoms with Crippen LogP contribution in [0.3, 0.4) is 0 Å². The summed E-state index contributed by atoms with van der Waals surface area (Å²) in [6.07, 6.45) is 3.22. The summed E-state index contributed by atoms with van der Waals surface area (Å²) in [5.41, 5.74) is 2.56. The van der Waals surface area contributed by atoms with Crippen LogP contribution in [0.2, 0.25) is 0 Å². The molecular weight excluding hydrogens is 326 g/mol. The molecule has 1 heterocycles. The monoisotopic (exact) mass is 349 g/mol. The van der Waals surface area contributed by atoms with Crippen LogP contribution in [0.25, 0.3) is 11.6 Å². The predicted molar refractivity (Wildman–Crippen MR) is 102 cm³/mol. The minimum atomic E-state index is -0.180. The maximum Gasteiger partial charge on any atom is 0.308 e. The van der Waals surface area contributed by atoms with E-state index < -0.39 is 0 Å². The second kappa shape index (κ2) is 8.48. The number of ether oxygens (including phenoxy) is 1. The van der Waals surface area contributed by atoms with Crippen molar-refractivity contribution in [3.8, 4) is 0 Å².